The Morgan fingerprint density at radius 2 is 1.63 bits per heavy atom. The normalized spacial score (nSPS) is 12.0. The van der Waals surface area contributed by atoms with Gasteiger partial charge in [-0.3, -0.25) is 4.79 Å². The standard InChI is InChI=1S/C33H25NO3S/c1-36-31-16-11-22(18-26(31)21-37-27-14-12-23-6-2-3-7-24(23)19-27)10-15-30(35)25-13-17-33-29(20-25)34-28-8-4-5-9-32(28)38-33/h2-20,34H,21H2,1H3/b15-10+. The maximum atomic E-state index is 13.0. The van der Waals surface area contributed by atoms with Crippen molar-refractivity contribution >= 4 is 45.8 Å². The number of allylic oxidation sites excluding steroid dienone is 1. The van der Waals surface area contributed by atoms with Gasteiger partial charge in [0, 0.05) is 20.9 Å². The van der Waals surface area contributed by atoms with Gasteiger partial charge in [0.15, 0.2) is 5.78 Å². The van der Waals surface area contributed by atoms with E-state index in [1.807, 2.05) is 84.9 Å². The fourth-order valence-corrected chi connectivity index (χ4v) is 5.46. The molecule has 1 aliphatic rings. The molecular weight excluding hydrogens is 490 g/mol. The zero-order valence-corrected chi connectivity index (χ0v) is 21.6. The minimum absolute atomic E-state index is 0.0526. The largest absolute Gasteiger partial charge is 0.496 e. The molecule has 38 heavy (non-hydrogen) atoms. The lowest BCUT2D eigenvalue weighted by molar-refractivity contribution is 0.104. The van der Waals surface area contributed by atoms with Crippen molar-refractivity contribution < 1.29 is 14.3 Å². The Morgan fingerprint density at radius 3 is 2.53 bits per heavy atom. The molecule has 0 saturated carbocycles. The van der Waals surface area contributed by atoms with Gasteiger partial charge >= 0.3 is 0 Å². The van der Waals surface area contributed by atoms with Crippen molar-refractivity contribution in [2.45, 2.75) is 16.4 Å². The molecular formula is C33H25NO3S. The number of anilines is 2. The molecule has 0 saturated heterocycles. The predicted molar refractivity (Wildman–Crippen MR) is 155 cm³/mol. The lowest BCUT2D eigenvalue weighted by Crippen LogP contribution is -2.02. The van der Waals surface area contributed by atoms with Crippen molar-refractivity contribution in [1.82, 2.24) is 0 Å². The number of para-hydroxylation sites is 1. The number of nitrogens with one attached hydrogen (secondary N) is 1. The summed E-state index contributed by atoms with van der Waals surface area (Å²) in [7, 11) is 1.65. The second kappa shape index (κ2) is 10.5. The highest BCUT2D eigenvalue weighted by Gasteiger charge is 2.16. The van der Waals surface area contributed by atoms with E-state index in [0.29, 0.717) is 12.2 Å². The fraction of sp³-hybridized carbons (Fsp3) is 0.0606. The number of hydrogen-bond acceptors (Lipinski definition) is 5. The maximum absolute atomic E-state index is 13.0. The van der Waals surface area contributed by atoms with E-state index in [9.17, 15) is 4.79 Å². The minimum atomic E-state index is -0.0526. The van der Waals surface area contributed by atoms with Crippen LogP contribution in [0.1, 0.15) is 21.5 Å². The number of ether oxygens (including phenoxy) is 2. The summed E-state index contributed by atoms with van der Waals surface area (Å²) >= 11 is 1.71. The van der Waals surface area contributed by atoms with Crippen LogP contribution >= 0.6 is 11.8 Å². The second-order valence-electron chi connectivity index (χ2n) is 9.00. The van der Waals surface area contributed by atoms with E-state index < -0.39 is 0 Å². The van der Waals surface area contributed by atoms with Gasteiger partial charge in [-0.2, -0.15) is 0 Å². The molecule has 0 bridgehead atoms. The topological polar surface area (TPSA) is 47.6 Å². The Hall–Kier alpha value is -4.48. The van der Waals surface area contributed by atoms with Crippen LogP contribution in [0.2, 0.25) is 0 Å². The van der Waals surface area contributed by atoms with E-state index in [2.05, 4.69) is 29.6 Å². The van der Waals surface area contributed by atoms with Crippen LogP contribution in [0, 0.1) is 0 Å². The number of carbonyl (C=O) groups is 1. The lowest BCUT2D eigenvalue weighted by Gasteiger charge is -2.20. The van der Waals surface area contributed by atoms with Crippen LogP contribution in [0.3, 0.4) is 0 Å². The first-order valence-corrected chi connectivity index (χ1v) is 13.2. The first kappa shape index (κ1) is 23.9. The predicted octanol–water partition coefficient (Wildman–Crippen LogP) is 8.53. The number of hydrogen-bond donors (Lipinski definition) is 1. The Kier molecular flexibility index (Phi) is 6.59. The highest BCUT2D eigenvalue weighted by Crippen LogP contribution is 2.44. The van der Waals surface area contributed by atoms with Gasteiger partial charge in [0.25, 0.3) is 0 Å². The van der Waals surface area contributed by atoms with Gasteiger partial charge in [-0.15, -0.1) is 0 Å². The van der Waals surface area contributed by atoms with Gasteiger partial charge < -0.3 is 14.8 Å². The van der Waals surface area contributed by atoms with Crippen molar-refractivity contribution in [3.63, 3.8) is 0 Å². The van der Waals surface area contributed by atoms with E-state index in [0.717, 1.165) is 44.3 Å². The number of rotatable bonds is 7. The van der Waals surface area contributed by atoms with Gasteiger partial charge in [-0.05, 0) is 77.0 Å². The average molecular weight is 516 g/mol. The van der Waals surface area contributed by atoms with Gasteiger partial charge in [-0.1, -0.05) is 66.4 Å². The smallest absolute Gasteiger partial charge is 0.185 e. The summed E-state index contributed by atoms with van der Waals surface area (Å²) in [6.45, 7) is 0.354. The number of methoxy groups -OCH3 is 1. The molecule has 0 aliphatic carbocycles. The summed E-state index contributed by atoms with van der Waals surface area (Å²) in [5, 5.41) is 5.75. The van der Waals surface area contributed by atoms with E-state index in [1.165, 1.54) is 10.3 Å². The summed E-state index contributed by atoms with van der Waals surface area (Å²) in [6.07, 6.45) is 3.44. The third-order valence-electron chi connectivity index (χ3n) is 6.49. The van der Waals surface area contributed by atoms with Crippen molar-refractivity contribution in [3.05, 3.63) is 126 Å². The van der Waals surface area contributed by atoms with Crippen molar-refractivity contribution in [3.8, 4) is 11.5 Å². The van der Waals surface area contributed by atoms with E-state index >= 15 is 0 Å². The molecule has 5 heteroatoms. The van der Waals surface area contributed by atoms with Gasteiger partial charge in [0.05, 0.1) is 18.5 Å². The first-order valence-electron chi connectivity index (χ1n) is 12.4. The number of fused-ring (bicyclic) bond motifs is 3. The maximum Gasteiger partial charge on any atom is 0.185 e. The molecule has 6 rings (SSSR count). The van der Waals surface area contributed by atoms with Crippen molar-refractivity contribution in [2.24, 2.45) is 0 Å². The molecule has 0 amide bonds. The fourth-order valence-electron chi connectivity index (χ4n) is 4.49. The third-order valence-corrected chi connectivity index (χ3v) is 7.64. The summed E-state index contributed by atoms with van der Waals surface area (Å²) in [5.41, 5.74) is 4.45. The molecule has 1 heterocycles. The molecule has 0 unspecified atom stereocenters. The zero-order chi connectivity index (χ0) is 25.9. The Balaban J connectivity index is 1.17. The van der Waals surface area contributed by atoms with Crippen LogP contribution in [0.25, 0.3) is 16.8 Å². The van der Waals surface area contributed by atoms with E-state index in [-0.39, 0.29) is 5.78 Å². The monoisotopic (exact) mass is 515 g/mol. The molecule has 0 radical (unpaired) electrons. The first-order chi connectivity index (χ1) is 18.7. The molecule has 1 aliphatic heterocycles. The summed E-state index contributed by atoms with van der Waals surface area (Å²) in [5.74, 6) is 1.49. The lowest BCUT2D eigenvalue weighted by atomic mass is 10.1. The number of ketones is 1. The van der Waals surface area contributed by atoms with Gasteiger partial charge in [0.2, 0.25) is 0 Å². The van der Waals surface area contributed by atoms with E-state index in [4.69, 9.17) is 9.47 Å². The molecule has 5 aromatic rings. The highest BCUT2D eigenvalue weighted by molar-refractivity contribution is 7.99. The zero-order valence-electron chi connectivity index (χ0n) is 20.8. The third kappa shape index (κ3) is 5.01. The van der Waals surface area contributed by atoms with Crippen LogP contribution in [0.15, 0.2) is 119 Å². The molecule has 0 spiro atoms. The molecule has 5 aromatic carbocycles. The SMILES string of the molecule is COc1ccc(/C=C/C(=O)c2ccc3c(c2)Nc2ccccc2S3)cc1COc1ccc2ccccc2c1. The van der Waals surface area contributed by atoms with Crippen LogP contribution in [0.5, 0.6) is 11.5 Å². The van der Waals surface area contributed by atoms with Gasteiger partial charge in [-0.25, -0.2) is 0 Å². The van der Waals surface area contributed by atoms with Crippen molar-refractivity contribution in [2.75, 3.05) is 12.4 Å². The quantitative estimate of drug-likeness (QED) is 0.171. The summed E-state index contributed by atoms with van der Waals surface area (Å²) in [6, 6.07) is 34.1. The Labute approximate surface area is 225 Å². The van der Waals surface area contributed by atoms with Crippen LogP contribution in [0.4, 0.5) is 11.4 Å². The average Bonchev–Trinajstić information content (AvgIpc) is 2.97. The van der Waals surface area contributed by atoms with Crippen LogP contribution in [-0.4, -0.2) is 12.9 Å². The van der Waals surface area contributed by atoms with Crippen molar-refractivity contribution in [1.29, 1.82) is 0 Å². The molecule has 186 valence electrons. The highest BCUT2D eigenvalue weighted by atomic mass is 32.2. The molecule has 0 aromatic heterocycles. The Bertz CT molecular complexity index is 1690. The van der Waals surface area contributed by atoms with Crippen LogP contribution < -0.4 is 14.8 Å². The number of benzene rings is 5. The van der Waals surface area contributed by atoms with E-state index in [1.54, 1.807) is 24.9 Å². The molecule has 1 N–H and O–H groups in total. The molecule has 0 fully saturated rings. The van der Waals surface area contributed by atoms with Crippen LogP contribution in [-0.2, 0) is 6.61 Å². The number of carbonyl (C=O) groups excluding carboxylic acids is 1. The minimum Gasteiger partial charge on any atom is -0.496 e. The molecule has 4 nitrogen and oxygen atoms in total. The Morgan fingerprint density at radius 1 is 0.816 bits per heavy atom. The summed E-state index contributed by atoms with van der Waals surface area (Å²) < 4.78 is 11.6. The molecule has 0 atom stereocenters. The summed E-state index contributed by atoms with van der Waals surface area (Å²) in [4.78, 5) is 15.3. The second-order valence-corrected chi connectivity index (χ2v) is 10.1. The van der Waals surface area contributed by atoms with Gasteiger partial charge in [0.1, 0.15) is 18.1 Å².